The summed E-state index contributed by atoms with van der Waals surface area (Å²) in [5, 5.41) is 1.72. The Bertz CT molecular complexity index is 1020. The number of hydrogen-bond acceptors (Lipinski definition) is 2. The Hall–Kier alpha value is -2.79. The van der Waals surface area contributed by atoms with Gasteiger partial charge in [-0.15, -0.1) is 0 Å². The lowest BCUT2D eigenvalue weighted by atomic mass is 10.1. The first-order valence-corrected chi connectivity index (χ1v) is 9.76. The minimum atomic E-state index is 0.0171. The number of para-hydroxylation sites is 1. The fourth-order valence-electron chi connectivity index (χ4n) is 3.70. The van der Waals surface area contributed by atoms with Crippen LogP contribution in [0.25, 0.3) is 10.9 Å². The van der Waals surface area contributed by atoms with Crippen LogP contribution in [-0.4, -0.2) is 52.4 Å². The van der Waals surface area contributed by atoms with Crippen molar-refractivity contribution in [2.75, 3.05) is 26.2 Å². The van der Waals surface area contributed by atoms with Crippen molar-refractivity contribution >= 4 is 34.3 Å². The molecule has 0 bridgehead atoms. The average molecular weight is 396 g/mol. The molecular formula is C22H22ClN3O2. The third-order valence-electron chi connectivity index (χ3n) is 5.36. The highest BCUT2D eigenvalue weighted by Crippen LogP contribution is 2.20. The zero-order chi connectivity index (χ0) is 19.7. The first kappa shape index (κ1) is 18.6. The molecule has 1 aliphatic heterocycles. The Labute approximate surface area is 169 Å². The van der Waals surface area contributed by atoms with Crippen molar-refractivity contribution in [1.29, 1.82) is 0 Å². The topological polar surface area (TPSA) is 45.6 Å². The van der Waals surface area contributed by atoms with Crippen molar-refractivity contribution in [3.8, 4) is 0 Å². The number of aromatic nitrogens is 1. The second kappa shape index (κ2) is 7.68. The molecule has 0 saturated carbocycles. The van der Waals surface area contributed by atoms with Crippen LogP contribution in [0.3, 0.4) is 0 Å². The smallest absolute Gasteiger partial charge is 0.270 e. The van der Waals surface area contributed by atoms with Gasteiger partial charge in [-0.2, -0.15) is 0 Å². The highest BCUT2D eigenvalue weighted by Gasteiger charge is 2.26. The van der Waals surface area contributed by atoms with Gasteiger partial charge in [-0.05, 0) is 29.8 Å². The Morgan fingerprint density at radius 2 is 1.57 bits per heavy atom. The number of benzene rings is 2. The van der Waals surface area contributed by atoms with Gasteiger partial charge in [-0.3, -0.25) is 9.59 Å². The van der Waals surface area contributed by atoms with Gasteiger partial charge in [-0.1, -0.05) is 41.9 Å². The van der Waals surface area contributed by atoms with E-state index in [2.05, 4.69) is 0 Å². The molecule has 1 fully saturated rings. The molecule has 28 heavy (non-hydrogen) atoms. The molecule has 1 aliphatic rings. The number of aryl methyl sites for hydroxylation is 1. The van der Waals surface area contributed by atoms with Gasteiger partial charge in [0.25, 0.3) is 5.91 Å². The van der Waals surface area contributed by atoms with E-state index in [4.69, 9.17) is 11.6 Å². The van der Waals surface area contributed by atoms with Gasteiger partial charge >= 0.3 is 0 Å². The summed E-state index contributed by atoms with van der Waals surface area (Å²) in [5.41, 5.74) is 2.67. The second-order valence-corrected chi connectivity index (χ2v) is 7.56. The van der Waals surface area contributed by atoms with Crippen LogP contribution in [0.1, 0.15) is 16.1 Å². The van der Waals surface area contributed by atoms with Gasteiger partial charge < -0.3 is 14.4 Å². The first-order valence-electron chi connectivity index (χ1n) is 9.39. The number of carbonyl (C=O) groups excluding carboxylic acids is 2. The molecular weight excluding hydrogens is 374 g/mol. The molecule has 2 aromatic carbocycles. The summed E-state index contributed by atoms with van der Waals surface area (Å²) < 4.78 is 1.94. The monoisotopic (exact) mass is 395 g/mol. The maximum Gasteiger partial charge on any atom is 0.270 e. The number of amides is 2. The quantitative estimate of drug-likeness (QED) is 0.682. The van der Waals surface area contributed by atoms with E-state index >= 15 is 0 Å². The van der Waals surface area contributed by atoms with E-state index < -0.39 is 0 Å². The second-order valence-electron chi connectivity index (χ2n) is 7.12. The molecule has 2 heterocycles. The van der Waals surface area contributed by atoms with Crippen molar-refractivity contribution in [2.45, 2.75) is 6.42 Å². The highest BCUT2D eigenvalue weighted by atomic mass is 35.5. The van der Waals surface area contributed by atoms with Crippen LogP contribution in [0.2, 0.25) is 5.02 Å². The van der Waals surface area contributed by atoms with Crippen LogP contribution < -0.4 is 0 Å². The molecule has 1 aromatic heterocycles. The van der Waals surface area contributed by atoms with Crippen molar-refractivity contribution in [3.05, 3.63) is 70.9 Å². The summed E-state index contributed by atoms with van der Waals surface area (Å²) >= 11 is 5.90. The predicted octanol–water partition coefficient (Wildman–Crippen LogP) is 3.36. The maximum atomic E-state index is 13.0. The molecule has 6 heteroatoms. The third kappa shape index (κ3) is 3.62. The Morgan fingerprint density at radius 3 is 2.25 bits per heavy atom. The van der Waals surface area contributed by atoms with Crippen LogP contribution >= 0.6 is 11.6 Å². The van der Waals surface area contributed by atoms with Crippen molar-refractivity contribution in [3.63, 3.8) is 0 Å². The average Bonchev–Trinajstić information content (AvgIpc) is 3.06. The van der Waals surface area contributed by atoms with E-state index in [0.29, 0.717) is 43.3 Å². The predicted molar refractivity (Wildman–Crippen MR) is 111 cm³/mol. The normalized spacial score (nSPS) is 14.5. The van der Waals surface area contributed by atoms with Gasteiger partial charge in [0, 0.05) is 49.2 Å². The number of fused-ring (bicyclic) bond motifs is 1. The van der Waals surface area contributed by atoms with E-state index in [1.165, 1.54) is 0 Å². The number of hydrogen-bond donors (Lipinski definition) is 0. The molecule has 0 unspecified atom stereocenters. The van der Waals surface area contributed by atoms with Gasteiger partial charge in [0.2, 0.25) is 5.91 Å². The van der Waals surface area contributed by atoms with E-state index in [1.54, 1.807) is 12.1 Å². The molecule has 0 N–H and O–H groups in total. The fraction of sp³-hybridized carbons (Fsp3) is 0.273. The zero-order valence-electron chi connectivity index (χ0n) is 15.8. The molecule has 144 valence electrons. The first-order chi connectivity index (χ1) is 13.5. The molecule has 3 aromatic rings. The Balaban J connectivity index is 1.39. The summed E-state index contributed by atoms with van der Waals surface area (Å²) in [6.07, 6.45) is 0.355. The summed E-state index contributed by atoms with van der Waals surface area (Å²) in [4.78, 5) is 29.2. The minimum absolute atomic E-state index is 0.0171. The number of piperazine rings is 1. The number of carbonyl (C=O) groups is 2. The molecule has 4 rings (SSSR count). The molecule has 0 atom stereocenters. The summed E-state index contributed by atoms with van der Waals surface area (Å²) in [6, 6.07) is 17.3. The van der Waals surface area contributed by atoms with Gasteiger partial charge in [0.15, 0.2) is 0 Å². The van der Waals surface area contributed by atoms with Crippen LogP contribution in [0, 0.1) is 0 Å². The fourth-order valence-corrected chi connectivity index (χ4v) is 3.83. The van der Waals surface area contributed by atoms with E-state index in [1.807, 2.05) is 63.9 Å². The van der Waals surface area contributed by atoms with Gasteiger partial charge in [0.1, 0.15) is 5.69 Å². The van der Waals surface area contributed by atoms with Crippen LogP contribution in [0.15, 0.2) is 54.6 Å². The number of halogens is 1. The Kier molecular flexibility index (Phi) is 5.09. The molecule has 0 spiro atoms. The standard InChI is InChI=1S/C22H22ClN3O2/c1-24-19-5-3-2-4-17(19)15-20(24)22(28)26-12-10-25(11-13-26)21(27)14-16-6-8-18(23)9-7-16/h2-9,15H,10-14H2,1H3. The Morgan fingerprint density at radius 1 is 0.929 bits per heavy atom. The molecule has 2 amide bonds. The number of rotatable bonds is 3. The van der Waals surface area contributed by atoms with Crippen LogP contribution in [-0.2, 0) is 18.3 Å². The highest BCUT2D eigenvalue weighted by molar-refractivity contribution is 6.30. The summed E-state index contributed by atoms with van der Waals surface area (Å²) in [5.74, 6) is 0.0996. The minimum Gasteiger partial charge on any atom is -0.340 e. The lowest BCUT2D eigenvalue weighted by molar-refractivity contribution is -0.131. The third-order valence-corrected chi connectivity index (χ3v) is 5.61. The molecule has 0 radical (unpaired) electrons. The van der Waals surface area contributed by atoms with Crippen molar-refractivity contribution < 1.29 is 9.59 Å². The largest absolute Gasteiger partial charge is 0.340 e. The van der Waals surface area contributed by atoms with Crippen LogP contribution in [0.5, 0.6) is 0 Å². The van der Waals surface area contributed by atoms with E-state index in [9.17, 15) is 9.59 Å². The zero-order valence-corrected chi connectivity index (χ0v) is 16.5. The lowest BCUT2D eigenvalue weighted by Gasteiger charge is -2.35. The molecule has 1 saturated heterocycles. The summed E-state index contributed by atoms with van der Waals surface area (Å²) in [7, 11) is 1.92. The lowest BCUT2D eigenvalue weighted by Crippen LogP contribution is -2.51. The SMILES string of the molecule is Cn1c(C(=O)N2CCN(C(=O)Cc3ccc(Cl)cc3)CC2)cc2ccccc21. The van der Waals surface area contributed by atoms with Gasteiger partial charge in [-0.25, -0.2) is 0 Å². The van der Waals surface area contributed by atoms with E-state index in [0.717, 1.165) is 16.5 Å². The summed E-state index contributed by atoms with van der Waals surface area (Å²) in [6.45, 7) is 2.21. The number of nitrogens with zero attached hydrogens (tertiary/aromatic N) is 3. The van der Waals surface area contributed by atoms with Crippen LogP contribution in [0.4, 0.5) is 0 Å². The van der Waals surface area contributed by atoms with Gasteiger partial charge in [0.05, 0.1) is 6.42 Å². The molecule has 0 aliphatic carbocycles. The van der Waals surface area contributed by atoms with Crippen molar-refractivity contribution in [2.24, 2.45) is 7.05 Å². The van der Waals surface area contributed by atoms with E-state index in [-0.39, 0.29) is 11.8 Å². The maximum absolute atomic E-state index is 13.0. The van der Waals surface area contributed by atoms with Crippen molar-refractivity contribution in [1.82, 2.24) is 14.4 Å². The molecule has 5 nitrogen and oxygen atoms in total.